The van der Waals surface area contributed by atoms with Gasteiger partial charge in [-0.2, -0.15) is 0 Å². The van der Waals surface area contributed by atoms with E-state index in [-0.39, 0.29) is 0 Å². The first kappa shape index (κ1) is 11.4. The van der Waals surface area contributed by atoms with Gasteiger partial charge in [0.25, 0.3) is 0 Å². The highest BCUT2D eigenvalue weighted by Gasteiger charge is 2.20. The van der Waals surface area contributed by atoms with Gasteiger partial charge in [0.2, 0.25) is 5.89 Å². The monoisotopic (exact) mass is 243 g/mol. The van der Waals surface area contributed by atoms with Crippen molar-refractivity contribution >= 4 is 0 Å². The molecule has 1 fully saturated rings. The Labute approximate surface area is 106 Å². The van der Waals surface area contributed by atoms with Crippen LogP contribution in [-0.2, 0) is 6.54 Å². The van der Waals surface area contributed by atoms with Gasteiger partial charge < -0.3 is 10.2 Å². The van der Waals surface area contributed by atoms with Crippen molar-refractivity contribution in [1.29, 1.82) is 0 Å². The maximum absolute atomic E-state index is 5.88. The molecule has 94 valence electrons. The van der Waals surface area contributed by atoms with Gasteiger partial charge in [-0.05, 0) is 6.42 Å². The van der Waals surface area contributed by atoms with E-state index in [9.17, 15) is 0 Å². The van der Waals surface area contributed by atoms with Crippen LogP contribution in [0.3, 0.4) is 0 Å². The summed E-state index contributed by atoms with van der Waals surface area (Å²) in [6.07, 6.45) is 2.85. The van der Waals surface area contributed by atoms with Crippen LogP contribution in [0.25, 0.3) is 11.3 Å². The standard InChI is InChI=1S/C14H17N3O/c15-12-6-7-17(9-12)10-14-16-8-13(18-14)11-4-2-1-3-5-11/h1-5,8,12H,6-7,9-10,15H2/t12-/m0/s1. The van der Waals surface area contributed by atoms with E-state index in [1.54, 1.807) is 6.20 Å². The molecule has 18 heavy (non-hydrogen) atoms. The number of nitrogens with zero attached hydrogens (tertiary/aromatic N) is 2. The number of benzene rings is 1. The van der Waals surface area contributed by atoms with Crippen molar-refractivity contribution in [2.24, 2.45) is 5.73 Å². The van der Waals surface area contributed by atoms with Gasteiger partial charge in [-0.3, -0.25) is 4.90 Å². The van der Waals surface area contributed by atoms with E-state index >= 15 is 0 Å². The van der Waals surface area contributed by atoms with Crippen molar-refractivity contribution < 1.29 is 4.42 Å². The molecule has 4 nitrogen and oxygen atoms in total. The summed E-state index contributed by atoms with van der Waals surface area (Å²) in [4.78, 5) is 6.61. The molecule has 1 aliphatic rings. The van der Waals surface area contributed by atoms with Crippen molar-refractivity contribution in [3.8, 4) is 11.3 Å². The molecule has 2 aromatic rings. The molecule has 1 aromatic carbocycles. The molecule has 1 aliphatic heterocycles. The van der Waals surface area contributed by atoms with Gasteiger partial charge in [-0.1, -0.05) is 30.3 Å². The normalized spacial score (nSPS) is 20.4. The predicted molar refractivity (Wildman–Crippen MR) is 69.8 cm³/mol. The smallest absolute Gasteiger partial charge is 0.209 e. The van der Waals surface area contributed by atoms with Gasteiger partial charge >= 0.3 is 0 Å². The summed E-state index contributed by atoms with van der Waals surface area (Å²) < 4.78 is 5.77. The molecule has 3 rings (SSSR count). The SMILES string of the molecule is N[C@H]1CCN(Cc2ncc(-c3ccccc3)o2)C1. The van der Waals surface area contributed by atoms with Crippen LogP contribution in [0.2, 0.25) is 0 Å². The molecule has 2 N–H and O–H groups in total. The lowest BCUT2D eigenvalue weighted by atomic mass is 10.2. The highest BCUT2D eigenvalue weighted by atomic mass is 16.4. The molecular weight excluding hydrogens is 226 g/mol. The number of oxazole rings is 1. The summed E-state index contributed by atoms with van der Waals surface area (Å²) in [5.74, 6) is 1.59. The zero-order valence-corrected chi connectivity index (χ0v) is 10.2. The molecule has 0 unspecified atom stereocenters. The highest BCUT2D eigenvalue weighted by molar-refractivity contribution is 5.55. The van der Waals surface area contributed by atoms with E-state index in [2.05, 4.69) is 9.88 Å². The van der Waals surface area contributed by atoms with E-state index in [0.29, 0.717) is 6.04 Å². The van der Waals surface area contributed by atoms with Gasteiger partial charge in [0, 0.05) is 24.7 Å². The number of nitrogens with two attached hydrogens (primary N) is 1. The summed E-state index contributed by atoms with van der Waals surface area (Å²) in [6, 6.07) is 10.3. The molecule has 1 saturated heterocycles. The van der Waals surface area contributed by atoms with Crippen molar-refractivity contribution in [3.63, 3.8) is 0 Å². The molecular formula is C14H17N3O. The van der Waals surface area contributed by atoms with Crippen LogP contribution in [0.15, 0.2) is 40.9 Å². The summed E-state index contributed by atoms with van der Waals surface area (Å²) >= 11 is 0. The summed E-state index contributed by atoms with van der Waals surface area (Å²) in [5, 5.41) is 0. The zero-order valence-electron chi connectivity index (χ0n) is 10.2. The van der Waals surface area contributed by atoms with E-state index in [4.69, 9.17) is 10.2 Å². The average molecular weight is 243 g/mol. The third-order valence-corrected chi connectivity index (χ3v) is 3.28. The molecule has 0 radical (unpaired) electrons. The van der Waals surface area contributed by atoms with Crippen molar-refractivity contribution in [2.75, 3.05) is 13.1 Å². The molecule has 1 atom stereocenters. The second-order valence-electron chi connectivity index (χ2n) is 4.77. The number of aromatic nitrogens is 1. The highest BCUT2D eigenvalue weighted by Crippen LogP contribution is 2.21. The number of hydrogen-bond acceptors (Lipinski definition) is 4. The average Bonchev–Trinajstić information content (AvgIpc) is 3.01. The first-order valence-corrected chi connectivity index (χ1v) is 6.29. The van der Waals surface area contributed by atoms with Crippen LogP contribution in [0.1, 0.15) is 12.3 Å². The van der Waals surface area contributed by atoms with Crippen LogP contribution in [-0.4, -0.2) is 29.0 Å². The minimum absolute atomic E-state index is 0.300. The Bertz CT molecular complexity index is 509. The Hall–Kier alpha value is -1.65. The van der Waals surface area contributed by atoms with Crippen molar-refractivity contribution in [3.05, 3.63) is 42.4 Å². The van der Waals surface area contributed by atoms with E-state index in [0.717, 1.165) is 43.3 Å². The molecule has 0 saturated carbocycles. The Morgan fingerprint density at radius 2 is 2.17 bits per heavy atom. The van der Waals surface area contributed by atoms with Gasteiger partial charge in [-0.15, -0.1) is 0 Å². The summed E-state index contributed by atoms with van der Waals surface area (Å²) in [5.41, 5.74) is 6.95. The van der Waals surface area contributed by atoms with Crippen molar-refractivity contribution in [2.45, 2.75) is 19.0 Å². The second kappa shape index (κ2) is 4.92. The lowest BCUT2D eigenvalue weighted by molar-refractivity contribution is 0.289. The van der Waals surface area contributed by atoms with Gasteiger partial charge in [0.15, 0.2) is 5.76 Å². The largest absolute Gasteiger partial charge is 0.439 e. The Kier molecular flexibility index (Phi) is 3.13. The van der Waals surface area contributed by atoms with Crippen LogP contribution < -0.4 is 5.73 Å². The first-order chi connectivity index (χ1) is 8.81. The Balaban J connectivity index is 1.70. The van der Waals surface area contributed by atoms with Crippen LogP contribution in [0.4, 0.5) is 0 Å². The molecule has 0 spiro atoms. The second-order valence-corrected chi connectivity index (χ2v) is 4.77. The molecule has 2 heterocycles. The van der Waals surface area contributed by atoms with Gasteiger partial charge in [0.1, 0.15) is 0 Å². The minimum Gasteiger partial charge on any atom is -0.439 e. The fourth-order valence-corrected chi connectivity index (χ4v) is 2.32. The fraction of sp³-hybridized carbons (Fsp3) is 0.357. The number of likely N-dealkylation sites (tertiary alicyclic amines) is 1. The van der Waals surface area contributed by atoms with Crippen molar-refractivity contribution in [1.82, 2.24) is 9.88 Å². The van der Waals surface area contributed by atoms with E-state index < -0.39 is 0 Å². The summed E-state index contributed by atoms with van der Waals surface area (Å²) in [7, 11) is 0. The molecule has 0 bridgehead atoms. The van der Waals surface area contributed by atoms with Crippen LogP contribution >= 0.6 is 0 Å². The Morgan fingerprint density at radius 3 is 2.89 bits per heavy atom. The van der Waals surface area contributed by atoms with Gasteiger partial charge in [0.05, 0.1) is 12.7 Å². The third-order valence-electron chi connectivity index (χ3n) is 3.28. The molecule has 0 aliphatic carbocycles. The van der Waals surface area contributed by atoms with E-state index in [1.807, 2.05) is 30.3 Å². The lowest BCUT2D eigenvalue weighted by Gasteiger charge is -2.11. The van der Waals surface area contributed by atoms with Crippen LogP contribution in [0, 0.1) is 0 Å². The third kappa shape index (κ3) is 2.44. The number of hydrogen-bond donors (Lipinski definition) is 1. The maximum atomic E-state index is 5.88. The first-order valence-electron chi connectivity index (χ1n) is 6.29. The molecule has 0 amide bonds. The fourth-order valence-electron chi connectivity index (χ4n) is 2.32. The molecule has 1 aromatic heterocycles. The quantitative estimate of drug-likeness (QED) is 0.894. The van der Waals surface area contributed by atoms with Crippen LogP contribution in [0.5, 0.6) is 0 Å². The zero-order chi connectivity index (χ0) is 12.4. The lowest BCUT2D eigenvalue weighted by Crippen LogP contribution is -2.26. The van der Waals surface area contributed by atoms with Gasteiger partial charge in [-0.25, -0.2) is 4.98 Å². The number of rotatable bonds is 3. The predicted octanol–water partition coefficient (Wildman–Crippen LogP) is 1.87. The minimum atomic E-state index is 0.300. The Morgan fingerprint density at radius 1 is 1.33 bits per heavy atom. The maximum Gasteiger partial charge on any atom is 0.209 e. The summed E-state index contributed by atoms with van der Waals surface area (Å²) in [6.45, 7) is 2.72. The van der Waals surface area contributed by atoms with E-state index in [1.165, 1.54) is 0 Å². The molecule has 4 heteroatoms. The topological polar surface area (TPSA) is 55.3 Å².